The molecule has 0 spiro atoms. The summed E-state index contributed by atoms with van der Waals surface area (Å²) in [5.41, 5.74) is 2.87. The van der Waals surface area contributed by atoms with Gasteiger partial charge in [-0.2, -0.15) is 0 Å². The number of alkyl halides is 1. The molecule has 0 bridgehead atoms. The minimum atomic E-state index is -2.07. The van der Waals surface area contributed by atoms with Crippen LogP contribution in [0.3, 0.4) is 0 Å². The second-order valence-electron chi connectivity index (χ2n) is 4.83. The van der Waals surface area contributed by atoms with Crippen LogP contribution in [-0.4, -0.2) is 34.6 Å². The molecule has 0 fully saturated rings. The molecule has 0 radical (unpaired) electrons. The van der Waals surface area contributed by atoms with E-state index in [0.717, 1.165) is 0 Å². The highest BCUT2D eigenvalue weighted by atomic mass is 19.1. The largest absolute Gasteiger partial charge is 0.480 e. The number of carbonyl (C=O) groups excluding carboxylic acids is 2. The topological polar surface area (TPSA) is 109 Å². The van der Waals surface area contributed by atoms with Gasteiger partial charge in [-0.25, -0.2) is 9.18 Å². The van der Waals surface area contributed by atoms with Gasteiger partial charge in [-0.15, -0.1) is 0 Å². The van der Waals surface area contributed by atoms with E-state index in [1.165, 1.54) is 0 Å². The highest BCUT2D eigenvalue weighted by Crippen LogP contribution is 2.25. The van der Waals surface area contributed by atoms with Crippen molar-refractivity contribution in [3.05, 3.63) is 0 Å². The Morgan fingerprint density at radius 2 is 1.75 bits per heavy atom. The SMILES string of the molecule is CCCC(F)(CCC)C(=O)NC(CCC(N)=O)C(=O)O. The highest BCUT2D eigenvalue weighted by Gasteiger charge is 2.38. The molecule has 1 unspecified atom stereocenters. The summed E-state index contributed by atoms with van der Waals surface area (Å²) in [7, 11) is 0. The van der Waals surface area contributed by atoms with Gasteiger partial charge < -0.3 is 16.2 Å². The number of carbonyl (C=O) groups is 3. The molecule has 0 aliphatic heterocycles. The summed E-state index contributed by atoms with van der Waals surface area (Å²) in [6.07, 6.45) is 0.693. The van der Waals surface area contributed by atoms with Crippen molar-refractivity contribution in [2.75, 3.05) is 0 Å². The summed E-state index contributed by atoms with van der Waals surface area (Å²) >= 11 is 0. The van der Waals surface area contributed by atoms with E-state index in [4.69, 9.17) is 10.8 Å². The molecular weight excluding hydrogens is 267 g/mol. The average molecular weight is 290 g/mol. The van der Waals surface area contributed by atoms with Gasteiger partial charge in [-0.1, -0.05) is 26.7 Å². The smallest absolute Gasteiger partial charge is 0.326 e. The van der Waals surface area contributed by atoms with E-state index < -0.39 is 29.5 Å². The molecule has 2 amide bonds. The minimum Gasteiger partial charge on any atom is -0.480 e. The Kier molecular flexibility index (Phi) is 7.79. The van der Waals surface area contributed by atoms with E-state index in [1.807, 2.05) is 0 Å². The number of hydrogen-bond acceptors (Lipinski definition) is 3. The summed E-state index contributed by atoms with van der Waals surface area (Å²) in [5, 5.41) is 11.1. The van der Waals surface area contributed by atoms with Crippen molar-refractivity contribution < 1.29 is 23.9 Å². The second kappa shape index (κ2) is 8.50. The fourth-order valence-corrected chi connectivity index (χ4v) is 1.98. The summed E-state index contributed by atoms with van der Waals surface area (Å²) < 4.78 is 14.5. The molecule has 6 nitrogen and oxygen atoms in total. The Labute approximate surface area is 117 Å². The molecular formula is C13H23FN2O4. The van der Waals surface area contributed by atoms with Crippen LogP contribution in [0.1, 0.15) is 52.4 Å². The van der Waals surface area contributed by atoms with Crippen molar-refractivity contribution in [2.45, 2.75) is 64.1 Å². The number of primary amides is 1. The molecule has 1 atom stereocenters. The molecule has 20 heavy (non-hydrogen) atoms. The number of nitrogens with two attached hydrogens (primary N) is 1. The van der Waals surface area contributed by atoms with E-state index in [2.05, 4.69) is 5.32 Å². The first-order valence-corrected chi connectivity index (χ1v) is 6.77. The van der Waals surface area contributed by atoms with E-state index >= 15 is 0 Å². The van der Waals surface area contributed by atoms with Crippen molar-refractivity contribution in [3.63, 3.8) is 0 Å². The molecule has 116 valence electrons. The van der Waals surface area contributed by atoms with Crippen molar-refractivity contribution in [3.8, 4) is 0 Å². The van der Waals surface area contributed by atoms with Crippen LogP contribution in [0.5, 0.6) is 0 Å². The van der Waals surface area contributed by atoms with E-state index in [9.17, 15) is 18.8 Å². The summed E-state index contributed by atoms with van der Waals surface area (Å²) in [6.45, 7) is 3.50. The van der Waals surface area contributed by atoms with E-state index in [1.54, 1.807) is 13.8 Å². The third-order valence-corrected chi connectivity index (χ3v) is 2.98. The lowest BCUT2D eigenvalue weighted by atomic mass is 9.93. The van der Waals surface area contributed by atoms with Gasteiger partial charge in [-0.3, -0.25) is 9.59 Å². The van der Waals surface area contributed by atoms with Gasteiger partial charge in [0.2, 0.25) is 5.91 Å². The number of amides is 2. The zero-order valence-corrected chi connectivity index (χ0v) is 11.9. The lowest BCUT2D eigenvalue weighted by Crippen LogP contribution is -2.50. The first-order valence-electron chi connectivity index (χ1n) is 6.77. The predicted molar refractivity (Wildman–Crippen MR) is 71.6 cm³/mol. The van der Waals surface area contributed by atoms with Crippen molar-refractivity contribution >= 4 is 17.8 Å². The Morgan fingerprint density at radius 3 is 2.10 bits per heavy atom. The fourth-order valence-electron chi connectivity index (χ4n) is 1.98. The Morgan fingerprint density at radius 1 is 1.25 bits per heavy atom. The van der Waals surface area contributed by atoms with E-state index in [0.29, 0.717) is 12.8 Å². The normalized spacial score (nSPS) is 12.8. The quantitative estimate of drug-likeness (QED) is 0.560. The lowest BCUT2D eigenvalue weighted by Gasteiger charge is -2.25. The lowest BCUT2D eigenvalue weighted by molar-refractivity contribution is -0.145. The number of rotatable bonds is 10. The van der Waals surface area contributed by atoms with Gasteiger partial charge in [0.25, 0.3) is 5.91 Å². The summed E-state index contributed by atoms with van der Waals surface area (Å²) in [5.74, 6) is -2.91. The number of hydrogen-bond donors (Lipinski definition) is 3. The second-order valence-corrected chi connectivity index (χ2v) is 4.83. The molecule has 0 heterocycles. The molecule has 0 aromatic heterocycles. The maximum absolute atomic E-state index is 14.5. The maximum Gasteiger partial charge on any atom is 0.326 e. The standard InChI is InChI=1S/C13H23FN2O4/c1-3-7-13(14,8-4-2)12(20)16-9(11(18)19)5-6-10(15)17/h9H,3-8H2,1-2H3,(H2,15,17)(H,16,20)(H,18,19). The molecule has 0 aromatic carbocycles. The molecule has 4 N–H and O–H groups in total. The van der Waals surface area contributed by atoms with E-state index in [-0.39, 0.29) is 25.7 Å². The van der Waals surface area contributed by atoms with Crippen LogP contribution in [0.25, 0.3) is 0 Å². The van der Waals surface area contributed by atoms with Crippen LogP contribution in [0.4, 0.5) is 4.39 Å². The molecule has 0 aromatic rings. The maximum atomic E-state index is 14.5. The Bertz CT molecular complexity index is 354. The fraction of sp³-hybridized carbons (Fsp3) is 0.769. The van der Waals surface area contributed by atoms with Crippen molar-refractivity contribution in [1.82, 2.24) is 5.32 Å². The molecule has 7 heteroatoms. The van der Waals surface area contributed by atoms with Crippen LogP contribution in [0.2, 0.25) is 0 Å². The third kappa shape index (κ3) is 5.99. The number of carboxylic acid groups (broad SMARTS) is 1. The van der Waals surface area contributed by atoms with Crippen LogP contribution < -0.4 is 11.1 Å². The zero-order valence-electron chi connectivity index (χ0n) is 11.9. The van der Waals surface area contributed by atoms with Gasteiger partial charge in [0.1, 0.15) is 6.04 Å². The molecule has 0 saturated carbocycles. The zero-order chi connectivity index (χ0) is 15.8. The molecule has 0 rings (SSSR count). The number of aliphatic carboxylic acids is 1. The van der Waals surface area contributed by atoms with Crippen LogP contribution in [0, 0.1) is 0 Å². The van der Waals surface area contributed by atoms with Crippen LogP contribution >= 0.6 is 0 Å². The van der Waals surface area contributed by atoms with Gasteiger partial charge in [0, 0.05) is 6.42 Å². The average Bonchev–Trinajstić information content (AvgIpc) is 2.34. The van der Waals surface area contributed by atoms with Crippen molar-refractivity contribution in [1.29, 1.82) is 0 Å². The van der Waals surface area contributed by atoms with Crippen LogP contribution in [-0.2, 0) is 14.4 Å². The van der Waals surface area contributed by atoms with Gasteiger partial charge in [-0.05, 0) is 19.3 Å². The molecule has 0 aliphatic rings. The third-order valence-electron chi connectivity index (χ3n) is 2.98. The van der Waals surface area contributed by atoms with Gasteiger partial charge in [0.05, 0.1) is 0 Å². The highest BCUT2D eigenvalue weighted by molar-refractivity contribution is 5.89. The first kappa shape index (κ1) is 18.3. The number of nitrogens with one attached hydrogen (secondary N) is 1. The predicted octanol–water partition coefficient (Wildman–Crippen LogP) is 1.13. The first-order chi connectivity index (χ1) is 9.26. The number of carboxylic acids is 1. The summed E-state index contributed by atoms with van der Waals surface area (Å²) in [4.78, 5) is 33.6. The monoisotopic (exact) mass is 290 g/mol. The molecule has 0 saturated heterocycles. The van der Waals surface area contributed by atoms with Gasteiger partial charge in [0.15, 0.2) is 5.67 Å². The minimum absolute atomic E-state index is 0.0365. The Balaban J connectivity index is 4.78. The van der Waals surface area contributed by atoms with Gasteiger partial charge >= 0.3 is 5.97 Å². The summed E-state index contributed by atoms with van der Waals surface area (Å²) in [6, 6.07) is -1.31. The number of halogens is 1. The molecule has 0 aliphatic carbocycles. The van der Waals surface area contributed by atoms with Crippen molar-refractivity contribution in [2.24, 2.45) is 5.73 Å². The Hall–Kier alpha value is -1.66. The van der Waals surface area contributed by atoms with Crippen LogP contribution in [0.15, 0.2) is 0 Å².